The Balaban J connectivity index is 1.79. The summed E-state index contributed by atoms with van der Waals surface area (Å²) in [5.74, 6) is -0.326. The van der Waals surface area contributed by atoms with Crippen molar-refractivity contribution in [2.45, 2.75) is 13.8 Å². The maximum absolute atomic E-state index is 12.0. The first kappa shape index (κ1) is 17.2. The van der Waals surface area contributed by atoms with Gasteiger partial charge >= 0.3 is 0 Å². The van der Waals surface area contributed by atoms with E-state index >= 15 is 0 Å². The molecule has 2 aromatic rings. The summed E-state index contributed by atoms with van der Waals surface area (Å²) in [6.45, 7) is 3.60. The fourth-order valence-electron chi connectivity index (χ4n) is 1.96. The van der Waals surface area contributed by atoms with Gasteiger partial charge in [-0.25, -0.2) is 0 Å². The number of carbonyl (C=O) groups excluding carboxylic acids is 3. The summed E-state index contributed by atoms with van der Waals surface area (Å²) < 4.78 is 4.82. The molecule has 0 bridgehead atoms. The second kappa shape index (κ2) is 7.91. The molecule has 24 heavy (non-hydrogen) atoms. The molecule has 1 aromatic carbocycles. The van der Waals surface area contributed by atoms with E-state index in [9.17, 15) is 14.4 Å². The molecule has 0 radical (unpaired) electrons. The van der Waals surface area contributed by atoms with Crippen LogP contribution in [-0.2, 0) is 4.79 Å². The third kappa shape index (κ3) is 4.94. The maximum atomic E-state index is 12.0. The van der Waals surface area contributed by atoms with Crippen molar-refractivity contribution >= 4 is 23.4 Å². The predicted molar refractivity (Wildman–Crippen MR) is 86.7 cm³/mol. The summed E-state index contributed by atoms with van der Waals surface area (Å²) in [6, 6.07) is 8.11. The molecule has 0 spiro atoms. The largest absolute Gasteiger partial charge is 0.361 e. The number of aryl methyl sites for hydroxylation is 1. The Kier molecular flexibility index (Phi) is 5.67. The van der Waals surface area contributed by atoms with Crippen LogP contribution in [0.1, 0.15) is 33.5 Å². The molecule has 0 fully saturated rings. The zero-order chi connectivity index (χ0) is 17.5. The van der Waals surface area contributed by atoms with E-state index in [1.807, 2.05) is 0 Å². The van der Waals surface area contributed by atoms with Crippen molar-refractivity contribution in [1.82, 2.24) is 15.8 Å². The highest BCUT2D eigenvalue weighted by Crippen LogP contribution is 2.10. The summed E-state index contributed by atoms with van der Waals surface area (Å²) in [6.07, 6.45) is 0. The zero-order valence-electron chi connectivity index (χ0n) is 13.4. The maximum Gasteiger partial charge on any atom is 0.273 e. The Morgan fingerprint density at radius 3 is 2.42 bits per heavy atom. The second-order valence-corrected chi connectivity index (χ2v) is 5.10. The molecular formula is C16H18N4O4. The van der Waals surface area contributed by atoms with Gasteiger partial charge in [0.25, 0.3) is 11.8 Å². The van der Waals surface area contributed by atoms with Crippen molar-refractivity contribution in [3.05, 3.63) is 47.3 Å². The number of benzene rings is 1. The number of nitrogens with one attached hydrogen (secondary N) is 3. The van der Waals surface area contributed by atoms with Gasteiger partial charge in [0.15, 0.2) is 5.69 Å². The normalized spacial score (nSPS) is 10.1. The minimum Gasteiger partial charge on any atom is -0.361 e. The predicted octanol–water partition coefficient (Wildman–Crippen LogP) is 1.10. The van der Waals surface area contributed by atoms with Crippen molar-refractivity contribution in [3.8, 4) is 0 Å². The fourth-order valence-corrected chi connectivity index (χ4v) is 1.96. The van der Waals surface area contributed by atoms with Crippen LogP contribution in [0, 0.1) is 6.92 Å². The van der Waals surface area contributed by atoms with Crippen LogP contribution in [0.3, 0.4) is 0 Å². The number of hydrogen-bond donors (Lipinski definition) is 3. The molecule has 1 heterocycles. The number of amides is 3. The van der Waals surface area contributed by atoms with Crippen LogP contribution in [0.2, 0.25) is 0 Å². The molecule has 2 rings (SSSR count). The van der Waals surface area contributed by atoms with Gasteiger partial charge < -0.3 is 20.5 Å². The number of rotatable bonds is 6. The molecule has 0 aliphatic carbocycles. The summed E-state index contributed by atoms with van der Waals surface area (Å²) >= 11 is 0. The van der Waals surface area contributed by atoms with E-state index in [0.717, 1.165) is 0 Å². The SMILES string of the molecule is CC(=O)Nc1cccc(C(=O)NCCNC(=O)c2cc(C)on2)c1. The first-order valence-electron chi connectivity index (χ1n) is 7.33. The molecule has 0 aliphatic rings. The van der Waals surface area contributed by atoms with E-state index in [4.69, 9.17) is 4.52 Å². The van der Waals surface area contributed by atoms with Gasteiger partial charge in [-0.1, -0.05) is 11.2 Å². The lowest BCUT2D eigenvalue weighted by atomic mass is 10.2. The van der Waals surface area contributed by atoms with Crippen LogP contribution in [0.15, 0.2) is 34.9 Å². The van der Waals surface area contributed by atoms with Crippen LogP contribution >= 0.6 is 0 Å². The molecule has 8 heteroatoms. The second-order valence-electron chi connectivity index (χ2n) is 5.10. The first-order chi connectivity index (χ1) is 11.5. The van der Waals surface area contributed by atoms with Gasteiger partial charge in [-0.2, -0.15) is 0 Å². The standard InChI is InChI=1S/C16H18N4O4/c1-10-8-14(20-24-10)16(23)18-7-6-17-15(22)12-4-3-5-13(9-12)19-11(2)21/h3-5,8-9H,6-7H2,1-2H3,(H,17,22)(H,18,23)(H,19,21). The van der Waals surface area contributed by atoms with Gasteiger partial charge in [0.2, 0.25) is 5.91 Å². The summed E-state index contributed by atoms with van der Waals surface area (Å²) in [4.78, 5) is 34.8. The van der Waals surface area contributed by atoms with Crippen LogP contribution < -0.4 is 16.0 Å². The number of carbonyl (C=O) groups is 3. The third-order valence-corrected chi connectivity index (χ3v) is 3.00. The average Bonchev–Trinajstić information content (AvgIpc) is 2.97. The van der Waals surface area contributed by atoms with Crippen molar-refractivity contribution < 1.29 is 18.9 Å². The van der Waals surface area contributed by atoms with Crippen LogP contribution in [0.25, 0.3) is 0 Å². The van der Waals surface area contributed by atoms with E-state index in [2.05, 4.69) is 21.1 Å². The Hall–Kier alpha value is -3.16. The quantitative estimate of drug-likeness (QED) is 0.686. The minimum atomic E-state index is -0.367. The van der Waals surface area contributed by atoms with Crippen molar-refractivity contribution in [2.75, 3.05) is 18.4 Å². The molecule has 0 atom stereocenters. The number of nitrogens with zero attached hydrogens (tertiary/aromatic N) is 1. The molecular weight excluding hydrogens is 312 g/mol. The van der Waals surface area contributed by atoms with Crippen LogP contribution in [0.5, 0.6) is 0 Å². The summed E-state index contributed by atoms with van der Waals surface area (Å²) in [5.41, 5.74) is 1.16. The molecule has 126 valence electrons. The van der Waals surface area contributed by atoms with E-state index in [-0.39, 0.29) is 36.5 Å². The Labute approximate surface area is 138 Å². The van der Waals surface area contributed by atoms with E-state index < -0.39 is 0 Å². The Bertz CT molecular complexity index is 754. The number of aromatic nitrogens is 1. The lowest BCUT2D eigenvalue weighted by molar-refractivity contribution is -0.114. The van der Waals surface area contributed by atoms with Crippen LogP contribution in [-0.4, -0.2) is 36.0 Å². The van der Waals surface area contributed by atoms with E-state index in [1.54, 1.807) is 31.2 Å². The third-order valence-electron chi connectivity index (χ3n) is 3.00. The monoisotopic (exact) mass is 330 g/mol. The van der Waals surface area contributed by atoms with Crippen LogP contribution in [0.4, 0.5) is 5.69 Å². The highest BCUT2D eigenvalue weighted by Gasteiger charge is 2.10. The van der Waals surface area contributed by atoms with E-state index in [0.29, 0.717) is 17.0 Å². The minimum absolute atomic E-state index is 0.196. The molecule has 0 saturated carbocycles. The molecule has 0 unspecified atom stereocenters. The molecule has 3 amide bonds. The van der Waals surface area contributed by atoms with E-state index in [1.165, 1.54) is 13.0 Å². The smallest absolute Gasteiger partial charge is 0.273 e. The van der Waals surface area contributed by atoms with Gasteiger partial charge in [0.05, 0.1) is 0 Å². The lowest BCUT2D eigenvalue weighted by Gasteiger charge is -2.08. The highest BCUT2D eigenvalue weighted by atomic mass is 16.5. The van der Waals surface area contributed by atoms with Crippen molar-refractivity contribution in [3.63, 3.8) is 0 Å². The van der Waals surface area contributed by atoms with Gasteiger partial charge in [-0.05, 0) is 25.1 Å². The van der Waals surface area contributed by atoms with Gasteiger partial charge in [0, 0.05) is 37.3 Å². The van der Waals surface area contributed by atoms with Gasteiger partial charge in [-0.15, -0.1) is 0 Å². The number of hydrogen-bond acceptors (Lipinski definition) is 5. The number of anilines is 1. The lowest BCUT2D eigenvalue weighted by Crippen LogP contribution is -2.34. The fraction of sp³-hybridized carbons (Fsp3) is 0.250. The molecule has 3 N–H and O–H groups in total. The molecule has 8 nitrogen and oxygen atoms in total. The van der Waals surface area contributed by atoms with Crippen molar-refractivity contribution in [1.29, 1.82) is 0 Å². The van der Waals surface area contributed by atoms with Crippen molar-refractivity contribution in [2.24, 2.45) is 0 Å². The molecule has 1 aromatic heterocycles. The topological polar surface area (TPSA) is 113 Å². The molecule has 0 saturated heterocycles. The van der Waals surface area contributed by atoms with Gasteiger partial charge in [0.1, 0.15) is 5.76 Å². The first-order valence-corrected chi connectivity index (χ1v) is 7.33. The summed E-state index contributed by atoms with van der Waals surface area (Å²) in [5, 5.41) is 11.5. The molecule has 0 aliphatic heterocycles. The highest BCUT2D eigenvalue weighted by molar-refractivity contribution is 5.97. The average molecular weight is 330 g/mol. The summed E-state index contributed by atoms with van der Waals surface area (Å²) in [7, 11) is 0. The Morgan fingerprint density at radius 1 is 1.08 bits per heavy atom. The van der Waals surface area contributed by atoms with Gasteiger partial charge in [-0.3, -0.25) is 14.4 Å². The zero-order valence-corrected chi connectivity index (χ0v) is 13.4. The Morgan fingerprint density at radius 2 is 1.79 bits per heavy atom.